The lowest BCUT2D eigenvalue weighted by atomic mass is 10.1. The number of hydrazone groups is 1. The molecular formula is C16H17BrFN3O4S. The van der Waals surface area contributed by atoms with Gasteiger partial charge in [0.25, 0.3) is 5.91 Å². The van der Waals surface area contributed by atoms with E-state index in [9.17, 15) is 22.4 Å². The van der Waals surface area contributed by atoms with E-state index in [0.29, 0.717) is 16.5 Å². The Labute approximate surface area is 158 Å². The molecule has 0 aliphatic carbocycles. The average molecular weight is 446 g/mol. The van der Waals surface area contributed by atoms with Crippen LogP contribution in [0.1, 0.15) is 24.8 Å². The average Bonchev–Trinajstić information content (AvgIpc) is 2.95. The smallest absolute Gasteiger partial charge is 0.267 e. The maximum Gasteiger partial charge on any atom is 0.267 e. The second-order valence-electron chi connectivity index (χ2n) is 6.26. The Kier molecular flexibility index (Phi) is 5.42. The summed E-state index contributed by atoms with van der Waals surface area (Å²) in [7, 11) is -3.17. The summed E-state index contributed by atoms with van der Waals surface area (Å²) in [5.41, 5.74) is 0.742. The summed E-state index contributed by atoms with van der Waals surface area (Å²) in [4.78, 5) is 24.4. The van der Waals surface area contributed by atoms with E-state index < -0.39 is 27.6 Å². The third kappa shape index (κ3) is 4.29. The van der Waals surface area contributed by atoms with Gasteiger partial charge in [-0.25, -0.2) is 17.8 Å². The molecule has 7 nitrogen and oxygen atoms in total. The normalized spacial score (nSPS) is 22.2. The monoisotopic (exact) mass is 445 g/mol. The van der Waals surface area contributed by atoms with Crippen LogP contribution in [0.5, 0.6) is 0 Å². The predicted molar refractivity (Wildman–Crippen MR) is 96.5 cm³/mol. The minimum absolute atomic E-state index is 0.0199. The maximum atomic E-state index is 13.3. The third-order valence-corrected chi connectivity index (χ3v) is 6.85. The first-order valence-corrected chi connectivity index (χ1v) is 10.7. The van der Waals surface area contributed by atoms with Crippen LogP contribution in [0, 0.1) is 5.82 Å². The van der Waals surface area contributed by atoms with Crippen molar-refractivity contribution >= 4 is 43.3 Å². The molecule has 0 aromatic heterocycles. The van der Waals surface area contributed by atoms with E-state index in [1.54, 1.807) is 6.07 Å². The molecule has 1 N–H and O–H groups in total. The van der Waals surface area contributed by atoms with Crippen molar-refractivity contribution in [1.82, 2.24) is 10.3 Å². The zero-order chi connectivity index (χ0) is 18.9. The number of hydrogen-bond acceptors (Lipinski definition) is 5. The summed E-state index contributed by atoms with van der Waals surface area (Å²) in [6.45, 7) is 0.0992. The van der Waals surface area contributed by atoms with Crippen molar-refractivity contribution in [2.24, 2.45) is 5.10 Å². The molecule has 1 atom stereocenters. The lowest BCUT2D eigenvalue weighted by molar-refractivity contribution is -0.133. The number of hydrogen-bond donors (Lipinski definition) is 1. The molecule has 2 amide bonds. The van der Waals surface area contributed by atoms with Crippen molar-refractivity contribution in [1.29, 1.82) is 0 Å². The first-order chi connectivity index (χ1) is 12.2. The summed E-state index contributed by atoms with van der Waals surface area (Å²) in [6.07, 6.45) is 0.611. The zero-order valence-electron chi connectivity index (χ0n) is 13.7. The summed E-state index contributed by atoms with van der Waals surface area (Å²) < 4.78 is 37.2. The van der Waals surface area contributed by atoms with Crippen molar-refractivity contribution in [3.05, 3.63) is 34.1 Å². The predicted octanol–water partition coefficient (Wildman–Crippen LogP) is 1.37. The molecular weight excluding hydrogens is 429 g/mol. The van der Waals surface area contributed by atoms with E-state index in [1.165, 1.54) is 12.1 Å². The van der Waals surface area contributed by atoms with Gasteiger partial charge in [-0.1, -0.05) is 15.9 Å². The van der Waals surface area contributed by atoms with E-state index in [4.69, 9.17) is 0 Å². The van der Waals surface area contributed by atoms with E-state index >= 15 is 0 Å². The van der Waals surface area contributed by atoms with Gasteiger partial charge in [-0.15, -0.1) is 0 Å². The number of halogens is 2. The fourth-order valence-corrected chi connectivity index (χ4v) is 5.02. The molecule has 0 spiro atoms. The number of amides is 2. The van der Waals surface area contributed by atoms with Gasteiger partial charge >= 0.3 is 0 Å². The van der Waals surface area contributed by atoms with Gasteiger partial charge in [-0.3, -0.25) is 9.59 Å². The molecule has 1 fully saturated rings. The summed E-state index contributed by atoms with van der Waals surface area (Å²) in [5.74, 6) is -1.26. The highest BCUT2D eigenvalue weighted by Gasteiger charge is 2.37. The molecule has 0 radical (unpaired) electrons. The summed E-state index contributed by atoms with van der Waals surface area (Å²) in [5, 5.41) is 7.90. The fraction of sp³-hybridized carbons (Fsp3) is 0.438. The van der Waals surface area contributed by atoms with E-state index in [-0.39, 0.29) is 42.5 Å². The van der Waals surface area contributed by atoms with E-state index in [1.807, 2.05) is 0 Å². The Morgan fingerprint density at radius 2 is 2.15 bits per heavy atom. The van der Waals surface area contributed by atoms with Crippen LogP contribution in [0.3, 0.4) is 0 Å². The van der Waals surface area contributed by atoms with Crippen molar-refractivity contribution in [2.75, 3.05) is 11.5 Å². The van der Waals surface area contributed by atoms with Crippen molar-refractivity contribution in [3.63, 3.8) is 0 Å². The minimum Gasteiger partial charge on any atom is -0.347 e. The number of carbonyl (C=O) groups excluding carboxylic acids is 2. The molecule has 0 unspecified atom stereocenters. The number of nitrogens with zero attached hydrogens (tertiary/aromatic N) is 2. The zero-order valence-corrected chi connectivity index (χ0v) is 16.1. The standard InChI is InChI=1S/C16H17BrFN3O4S/c17-13-2-1-11(18)7-10(13)8-19-16(23)14-3-4-15(22)21(20-14)12-5-6-26(24,25)9-12/h1-2,7,12H,3-6,8-9H2,(H,19,23)/t12-/m0/s1. The first kappa shape index (κ1) is 19.0. The largest absolute Gasteiger partial charge is 0.347 e. The van der Waals surface area contributed by atoms with Crippen molar-refractivity contribution in [2.45, 2.75) is 31.8 Å². The molecule has 3 rings (SSSR count). The van der Waals surface area contributed by atoms with Gasteiger partial charge in [0.15, 0.2) is 9.84 Å². The highest BCUT2D eigenvalue weighted by molar-refractivity contribution is 9.10. The van der Waals surface area contributed by atoms with E-state index in [0.717, 1.165) is 5.01 Å². The highest BCUT2D eigenvalue weighted by atomic mass is 79.9. The second-order valence-corrected chi connectivity index (χ2v) is 9.34. The van der Waals surface area contributed by atoms with Crippen LogP contribution in [0.2, 0.25) is 0 Å². The molecule has 2 aliphatic rings. The number of nitrogens with one attached hydrogen (secondary N) is 1. The SMILES string of the molecule is O=C(NCc1cc(F)ccc1Br)C1=NN([C@H]2CCS(=O)(=O)C2)C(=O)CC1. The van der Waals surface area contributed by atoms with Gasteiger partial charge in [-0.05, 0) is 30.2 Å². The number of benzene rings is 1. The van der Waals surface area contributed by atoms with Gasteiger partial charge in [0, 0.05) is 23.9 Å². The lowest BCUT2D eigenvalue weighted by Crippen LogP contribution is -2.43. The Balaban J connectivity index is 1.69. The Morgan fingerprint density at radius 1 is 1.38 bits per heavy atom. The van der Waals surface area contributed by atoms with Crippen LogP contribution < -0.4 is 5.32 Å². The number of carbonyl (C=O) groups is 2. The quantitative estimate of drug-likeness (QED) is 0.756. The number of rotatable bonds is 4. The molecule has 1 saturated heterocycles. The first-order valence-electron chi connectivity index (χ1n) is 8.07. The van der Waals surface area contributed by atoms with Crippen LogP contribution in [-0.2, 0) is 26.0 Å². The van der Waals surface area contributed by atoms with Crippen LogP contribution in [-0.4, -0.2) is 48.5 Å². The molecule has 0 bridgehead atoms. The maximum absolute atomic E-state index is 13.3. The molecule has 0 saturated carbocycles. The van der Waals surface area contributed by atoms with Crippen molar-refractivity contribution in [3.8, 4) is 0 Å². The van der Waals surface area contributed by atoms with Gasteiger partial charge in [0.1, 0.15) is 11.5 Å². The molecule has 140 valence electrons. The van der Waals surface area contributed by atoms with Gasteiger partial charge in [-0.2, -0.15) is 5.10 Å². The molecule has 2 heterocycles. The second kappa shape index (κ2) is 7.43. The van der Waals surface area contributed by atoms with Gasteiger partial charge in [0.2, 0.25) is 5.91 Å². The van der Waals surface area contributed by atoms with Crippen LogP contribution in [0.15, 0.2) is 27.8 Å². The summed E-state index contributed by atoms with van der Waals surface area (Å²) >= 11 is 3.29. The highest BCUT2D eigenvalue weighted by Crippen LogP contribution is 2.22. The molecule has 1 aromatic carbocycles. The molecule has 26 heavy (non-hydrogen) atoms. The third-order valence-electron chi connectivity index (χ3n) is 4.32. The molecule has 10 heteroatoms. The lowest BCUT2D eigenvalue weighted by Gasteiger charge is -2.27. The molecule has 2 aliphatic heterocycles. The topological polar surface area (TPSA) is 95.9 Å². The Morgan fingerprint density at radius 3 is 2.85 bits per heavy atom. The fourth-order valence-electron chi connectivity index (χ4n) is 2.94. The minimum atomic E-state index is -3.17. The van der Waals surface area contributed by atoms with Crippen molar-refractivity contribution < 1.29 is 22.4 Å². The van der Waals surface area contributed by atoms with Gasteiger partial charge in [0.05, 0.1) is 17.5 Å². The van der Waals surface area contributed by atoms with E-state index in [2.05, 4.69) is 26.3 Å². The van der Waals surface area contributed by atoms with Crippen LogP contribution in [0.4, 0.5) is 4.39 Å². The molecule has 1 aromatic rings. The van der Waals surface area contributed by atoms with Crippen LogP contribution >= 0.6 is 15.9 Å². The van der Waals surface area contributed by atoms with Crippen LogP contribution in [0.25, 0.3) is 0 Å². The number of sulfone groups is 1. The van der Waals surface area contributed by atoms with Gasteiger partial charge < -0.3 is 5.32 Å². The Hall–Kier alpha value is -1.81. The summed E-state index contributed by atoms with van der Waals surface area (Å²) in [6, 6.07) is 3.65. The Bertz CT molecular complexity index is 887.